The Morgan fingerprint density at radius 1 is 1.33 bits per heavy atom. The molecular formula is C10H17NS. The molecule has 0 fully saturated rings. The first-order valence-corrected chi connectivity index (χ1v) is 4.56. The predicted octanol–water partition coefficient (Wildman–Crippen LogP) is 2.72. The van der Waals surface area contributed by atoms with Crippen molar-refractivity contribution in [1.29, 1.82) is 0 Å². The van der Waals surface area contributed by atoms with E-state index in [1.54, 1.807) is 6.26 Å². The molecule has 1 nitrogen and oxygen atoms in total. The van der Waals surface area contributed by atoms with E-state index in [9.17, 15) is 0 Å². The molecule has 2 N–H and O–H groups in total. The number of hydrogen-bond acceptors (Lipinski definition) is 2. The molecule has 1 rings (SSSR count). The molecule has 1 aromatic rings. The van der Waals surface area contributed by atoms with E-state index in [1.165, 1.54) is 5.56 Å². The third-order valence-corrected chi connectivity index (χ3v) is 1.42. The summed E-state index contributed by atoms with van der Waals surface area (Å²) in [5, 5.41) is 0. The van der Waals surface area contributed by atoms with Gasteiger partial charge in [0.05, 0.1) is 0 Å². The van der Waals surface area contributed by atoms with Crippen molar-refractivity contribution in [3.8, 4) is 0 Å². The van der Waals surface area contributed by atoms with Gasteiger partial charge in [0.2, 0.25) is 0 Å². The van der Waals surface area contributed by atoms with Crippen molar-refractivity contribution >= 4 is 18.3 Å². The fraction of sp³-hybridized carbons (Fsp3) is 0.200. The van der Waals surface area contributed by atoms with Crippen molar-refractivity contribution in [3.63, 3.8) is 0 Å². The largest absolute Gasteiger partial charge is 0.399 e. The molecular weight excluding hydrogens is 166 g/mol. The van der Waals surface area contributed by atoms with E-state index in [2.05, 4.69) is 19.2 Å². The molecule has 0 atom stereocenters. The lowest BCUT2D eigenvalue weighted by Crippen LogP contribution is -1.92. The van der Waals surface area contributed by atoms with Gasteiger partial charge in [0.25, 0.3) is 0 Å². The van der Waals surface area contributed by atoms with Crippen molar-refractivity contribution in [2.24, 2.45) is 5.73 Å². The molecule has 0 unspecified atom stereocenters. The van der Waals surface area contributed by atoms with Crippen LogP contribution in [0.25, 0.3) is 5.70 Å². The third kappa shape index (κ3) is 3.49. The summed E-state index contributed by atoms with van der Waals surface area (Å²) in [5.74, 6) is 0. The minimum absolute atomic E-state index is 0. The monoisotopic (exact) mass is 183 g/mol. The smallest absolute Gasteiger partial charge is 0.0314 e. The summed E-state index contributed by atoms with van der Waals surface area (Å²) in [6.07, 6.45) is 1.69. The quantitative estimate of drug-likeness (QED) is 0.643. The third-order valence-electron chi connectivity index (χ3n) is 1.42. The van der Waals surface area contributed by atoms with Gasteiger partial charge < -0.3 is 5.73 Å². The number of aryl methyl sites for hydroxylation is 1. The number of benzene rings is 1. The Morgan fingerprint density at radius 3 is 2.08 bits per heavy atom. The van der Waals surface area contributed by atoms with Crippen LogP contribution >= 0.6 is 12.6 Å². The number of nitrogens with two attached hydrogens (primary N) is 1. The Hall–Kier alpha value is -0.890. The molecule has 68 valence electrons. The molecule has 0 amide bonds. The van der Waals surface area contributed by atoms with Crippen molar-refractivity contribution in [2.45, 2.75) is 6.92 Å². The lowest BCUT2D eigenvalue weighted by molar-refractivity contribution is 1.44. The summed E-state index contributed by atoms with van der Waals surface area (Å²) in [5.41, 5.74) is 8.34. The minimum atomic E-state index is 0. The topological polar surface area (TPSA) is 26.0 Å². The Kier molecular flexibility index (Phi) is 5.30. The normalized spacial score (nSPS) is 8.25. The lowest BCUT2D eigenvalue weighted by atomic mass is 10.1. The summed E-state index contributed by atoms with van der Waals surface area (Å²) in [7, 11) is 0. The zero-order chi connectivity index (χ0) is 9.56. The molecule has 12 heavy (non-hydrogen) atoms. The highest BCUT2D eigenvalue weighted by molar-refractivity contribution is 7.79. The second-order valence-electron chi connectivity index (χ2n) is 2.39. The highest BCUT2D eigenvalue weighted by Gasteiger charge is 1.90. The highest BCUT2D eigenvalue weighted by Crippen LogP contribution is 2.07. The van der Waals surface area contributed by atoms with E-state index in [1.807, 2.05) is 31.2 Å². The lowest BCUT2D eigenvalue weighted by Gasteiger charge is -1.98. The van der Waals surface area contributed by atoms with Gasteiger partial charge in [0, 0.05) is 7.12 Å². The fourth-order valence-corrected chi connectivity index (χ4v) is 0.768. The Morgan fingerprint density at radius 2 is 1.75 bits per heavy atom. The van der Waals surface area contributed by atoms with Crippen LogP contribution in [0, 0.1) is 6.92 Å². The Labute approximate surface area is 81.2 Å². The van der Waals surface area contributed by atoms with Crippen LogP contribution in [0.4, 0.5) is 0 Å². The second-order valence-corrected chi connectivity index (χ2v) is 2.39. The van der Waals surface area contributed by atoms with Gasteiger partial charge in [-0.3, -0.25) is 0 Å². The van der Waals surface area contributed by atoms with Crippen molar-refractivity contribution < 1.29 is 1.43 Å². The molecule has 0 bridgehead atoms. The van der Waals surface area contributed by atoms with Gasteiger partial charge in [-0.15, -0.1) is 0 Å². The molecule has 0 aliphatic heterocycles. The van der Waals surface area contributed by atoms with E-state index in [-0.39, 0.29) is 1.43 Å². The van der Waals surface area contributed by atoms with E-state index in [0.29, 0.717) is 5.70 Å². The van der Waals surface area contributed by atoms with Crippen molar-refractivity contribution in [3.05, 3.63) is 42.0 Å². The number of hydrogen-bond donors (Lipinski definition) is 2. The first-order valence-electron chi connectivity index (χ1n) is 3.66. The van der Waals surface area contributed by atoms with Gasteiger partial charge >= 0.3 is 0 Å². The molecule has 0 saturated heterocycles. The first-order chi connectivity index (χ1) is 5.70. The summed E-state index contributed by atoms with van der Waals surface area (Å²) >= 11 is 3.53. The molecule has 0 heterocycles. The van der Waals surface area contributed by atoms with E-state index in [0.717, 1.165) is 5.56 Å². The van der Waals surface area contributed by atoms with E-state index >= 15 is 0 Å². The summed E-state index contributed by atoms with van der Waals surface area (Å²) in [6.45, 7) is 5.68. The summed E-state index contributed by atoms with van der Waals surface area (Å²) in [4.78, 5) is 0. The van der Waals surface area contributed by atoms with Gasteiger partial charge in [-0.1, -0.05) is 36.4 Å². The first kappa shape index (κ1) is 11.1. The average molecular weight is 183 g/mol. The standard InChI is InChI=1S/C9H11N.CH4S.H2/c1-7-3-5-9(6-4-7)8(2)10;1-2;/h3-6H,2,10H2,1H3;2H,1H3;1H. The van der Waals surface area contributed by atoms with Gasteiger partial charge in [-0.25, -0.2) is 0 Å². The van der Waals surface area contributed by atoms with Crippen LogP contribution in [-0.4, -0.2) is 6.26 Å². The molecule has 0 aliphatic carbocycles. The maximum absolute atomic E-state index is 5.47. The molecule has 2 heteroatoms. The average Bonchev–Trinajstić information content (AvgIpc) is 2.09. The zero-order valence-electron chi connectivity index (χ0n) is 7.54. The summed E-state index contributed by atoms with van der Waals surface area (Å²) in [6, 6.07) is 7.98. The second kappa shape index (κ2) is 5.72. The van der Waals surface area contributed by atoms with Crippen molar-refractivity contribution in [2.75, 3.05) is 6.26 Å². The molecule has 0 aliphatic rings. The Bertz CT molecular complexity index is 244. The van der Waals surface area contributed by atoms with Crippen LogP contribution in [0.3, 0.4) is 0 Å². The predicted molar refractivity (Wildman–Crippen MR) is 61.4 cm³/mol. The molecule has 0 aromatic heterocycles. The maximum atomic E-state index is 5.47. The van der Waals surface area contributed by atoms with E-state index in [4.69, 9.17) is 5.73 Å². The molecule has 0 spiro atoms. The minimum Gasteiger partial charge on any atom is -0.399 e. The van der Waals surface area contributed by atoms with E-state index < -0.39 is 0 Å². The van der Waals surface area contributed by atoms with Crippen molar-refractivity contribution in [1.82, 2.24) is 0 Å². The number of rotatable bonds is 1. The maximum Gasteiger partial charge on any atom is 0.0314 e. The van der Waals surface area contributed by atoms with Crippen LogP contribution in [0.1, 0.15) is 12.6 Å². The fourth-order valence-electron chi connectivity index (χ4n) is 0.768. The SMILES string of the molecule is C=C(N)c1ccc(C)cc1.CS.[HH]. The Balaban J connectivity index is 0. The summed E-state index contributed by atoms with van der Waals surface area (Å²) < 4.78 is 0. The van der Waals surface area contributed by atoms with Crippen LogP contribution in [0.15, 0.2) is 30.8 Å². The number of thiol groups is 1. The van der Waals surface area contributed by atoms with Crippen LogP contribution in [0.5, 0.6) is 0 Å². The highest BCUT2D eigenvalue weighted by atomic mass is 32.1. The molecule has 1 aromatic carbocycles. The van der Waals surface area contributed by atoms with Gasteiger partial charge in [-0.05, 0) is 18.7 Å². The van der Waals surface area contributed by atoms with Gasteiger partial charge in [0.15, 0.2) is 0 Å². The van der Waals surface area contributed by atoms with Crippen LogP contribution in [-0.2, 0) is 0 Å². The van der Waals surface area contributed by atoms with Crippen LogP contribution < -0.4 is 5.73 Å². The van der Waals surface area contributed by atoms with Crippen LogP contribution in [0.2, 0.25) is 0 Å². The molecule has 0 saturated carbocycles. The zero-order valence-corrected chi connectivity index (χ0v) is 8.44. The van der Waals surface area contributed by atoms with Gasteiger partial charge in [-0.2, -0.15) is 12.6 Å². The van der Waals surface area contributed by atoms with Gasteiger partial charge in [0.1, 0.15) is 0 Å². The molecule has 0 radical (unpaired) electrons.